The number of rotatable bonds is 2. The van der Waals surface area contributed by atoms with Crippen molar-refractivity contribution in [3.63, 3.8) is 0 Å². The van der Waals surface area contributed by atoms with Crippen LogP contribution in [-0.4, -0.2) is 20.8 Å². The van der Waals surface area contributed by atoms with Crippen molar-refractivity contribution in [2.45, 2.75) is 6.92 Å². The summed E-state index contributed by atoms with van der Waals surface area (Å²) in [5.41, 5.74) is 3.01. The van der Waals surface area contributed by atoms with Crippen molar-refractivity contribution >= 4 is 16.9 Å². The summed E-state index contributed by atoms with van der Waals surface area (Å²) in [5, 5.41) is 0.0962. The normalized spacial score (nSPS) is 9.61. The molecule has 0 spiro atoms. The monoisotopic (exact) mass is 256 g/mol. The number of benzene rings is 1. The molecule has 0 atom stereocenters. The van der Waals surface area contributed by atoms with Crippen LogP contribution in [0.1, 0.15) is 12.5 Å². The maximum atomic E-state index is 10.7. The smallest absolute Gasteiger partial charge is 0.186 e. The Kier molecular flexibility index (Phi) is 4.21. The van der Waals surface area contributed by atoms with E-state index in [4.69, 9.17) is 0 Å². The van der Waals surface area contributed by atoms with Crippen molar-refractivity contribution in [1.29, 1.82) is 0 Å². The van der Waals surface area contributed by atoms with Crippen LogP contribution >= 0.6 is 11.8 Å². The van der Waals surface area contributed by atoms with Crippen LogP contribution < -0.4 is 0 Å². The molecule has 0 radical (unpaired) electrons. The molecule has 0 unspecified atom stereocenters. The van der Waals surface area contributed by atoms with Gasteiger partial charge in [0.25, 0.3) is 0 Å². The highest BCUT2D eigenvalue weighted by atomic mass is 32.2. The Hall–Kier alpha value is -1.99. The Bertz CT molecular complexity index is 577. The lowest BCUT2D eigenvalue weighted by Gasteiger charge is -1.96. The third-order valence-corrected chi connectivity index (χ3v) is 2.97. The predicted molar refractivity (Wildman–Crippen MR) is 74.0 cm³/mol. The first-order valence-electron chi connectivity index (χ1n) is 5.47. The van der Waals surface area contributed by atoms with Crippen molar-refractivity contribution in [3.8, 4) is 23.1 Å². The largest absolute Gasteiger partial charge is 0.345 e. The molecule has 0 bridgehead atoms. The van der Waals surface area contributed by atoms with E-state index in [1.165, 1.54) is 11.8 Å². The summed E-state index contributed by atoms with van der Waals surface area (Å²) in [6, 6.07) is 7.91. The van der Waals surface area contributed by atoms with Gasteiger partial charge in [0.15, 0.2) is 5.12 Å². The number of hydrogen-bond donors (Lipinski definition) is 1. The highest BCUT2D eigenvalue weighted by Gasteiger charge is 1.97. The SMILES string of the molecule is CC(=O)SCC#Cc1ccc(-c2cnc[nH]2)cc1. The first-order chi connectivity index (χ1) is 8.75. The van der Waals surface area contributed by atoms with Gasteiger partial charge < -0.3 is 4.98 Å². The summed E-state index contributed by atoms with van der Waals surface area (Å²) in [4.78, 5) is 17.7. The van der Waals surface area contributed by atoms with E-state index in [-0.39, 0.29) is 5.12 Å². The second-order valence-electron chi connectivity index (χ2n) is 3.62. The van der Waals surface area contributed by atoms with Crippen LogP contribution in [0.15, 0.2) is 36.8 Å². The minimum atomic E-state index is 0.0962. The zero-order valence-corrected chi connectivity index (χ0v) is 10.8. The zero-order valence-electron chi connectivity index (χ0n) is 9.93. The quantitative estimate of drug-likeness (QED) is 0.840. The summed E-state index contributed by atoms with van der Waals surface area (Å²) >= 11 is 1.23. The Labute approximate surface area is 110 Å². The fourth-order valence-corrected chi connectivity index (χ4v) is 1.77. The first-order valence-corrected chi connectivity index (χ1v) is 6.45. The van der Waals surface area contributed by atoms with Gasteiger partial charge >= 0.3 is 0 Å². The molecule has 1 N–H and O–H groups in total. The second kappa shape index (κ2) is 6.08. The van der Waals surface area contributed by atoms with Crippen LogP contribution in [0, 0.1) is 11.8 Å². The molecule has 2 aromatic rings. The molecule has 1 aromatic heterocycles. The lowest BCUT2D eigenvalue weighted by molar-refractivity contribution is -0.109. The molecule has 90 valence electrons. The molecule has 0 aliphatic heterocycles. The van der Waals surface area contributed by atoms with Crippen LogP contribution in [0.3, 0.4) is 0 Å². The van der Waals surface area contributed by atoms with E-state index in [0.717, 1.165) is 16.8 Å². The number of nitrogens with zero attached hydrogens (tertiary/aromatic N) is 1. The predicted octanol–water partition coefficient (Wildman–Crippen LogP) is 2.71. The van der Waals surface area contributed by atoms with Gasteiger partial charge in [0, 0.05) is 12.5 Å². The number of carbonyl (C=O) groups is 1. The van der Waals surface area contributed by atoms with Crippen molar-refractivity contribution in [2.24, 2.45) is 0 Å². The van der Waals surface area contributed by atoms with E-state index in [1.807, 2.05) is 24.3 Å². The highest BCUT2D eigenvalue weighted by molar-refractivity contribution is 8.13. The topological polar surface area (TPSA) is 45.8 Å². The third kappa shape index (κ3) is 3.51. The molecule has 3 nitrogen and oxygen atoms in total. The van der Waals surface area contributed by atoms with Gasteiger partial charge in [0.2, 0.25) is 0 Å². The van der Waals surface area contributed by atoms with Crippen molar-refractivity contribution in [2.75, 3.05) is 5.75 Å². The van der Waals surface area contributed by atoms with E-state index in [0.29, 0.717) is 5.75 Å². The Morgan fingerprint density at radius 3 is 2.78 bits per heavy atom. The van der Waals surface area contributed by atoms with Crippen LogP contribution in [0.2, 0.25) is 0 Å². The van der Waals surface area contributed by atoms with Gasteiger partial charge in [-0.3, -0.25) is 4.79 Å². The van der Waals surface area contributed by atoms with Crippen LogP contribution in [0.4, 0.5) is 0 Å². The number of aromatic nitrogens is 2. The molecule has 2 rings (SSSR count). The van der Waals surface area contributed by atoms with Crippen LogP contribution in [-0.2, 0) is 4.79 Å². The fraction of sp³-hybridized carbons (Fsp3) is 0.143. The molecule has 0 aliphatic carbocycles. The van der Waals surface area contributed by atoms with Gasteiger partial charge in [-0.2, -0.15) is 0 Å². The highest BCUT2D eigenvalue weighted by Crippen LogP contribution is 2.15. The zero-order chi connectivity index (χ0) is 12.8. The van der Waals surface area contributed by atoms with Crippen molar-refractivity contribution in [3.05, 3.63) is 42.4 Å². The number of imidazole rings is 1. The Balaban J connectivity index is 2.02. The fourth-order valence-electron chi connectivity index (χ4n) is 1.42. The maximum Gasteiger partial charge on any atom is 0.186 e. The van der Waals surface area contributed by atoms with Gasteiger partial charge in [-0.15, -0.1) is 0 Å². The molecule has 4 heteroatoms. The third-order valence-electron chi connectivity index (χ3n) is 2.27. The maximum absolute atomic E-state index is 10.7. The number of nitrogens with one attached hydrogen (secondary N) is 1. The molecule has 1 heterocycles. The lowest BCUT2D eigenvalue weighted by Crippen LogP contribution is -1.82. The van der Waals surface area contributed by atoms with Gasteiger partial charge in [-0.05, 0) is 17.7 Å². The van der Waals surface area contributed by atoms with Crippen molar-refractivity contribution < 1.29 is 4.79 Å². The summed E-state index contributed by atoms with van der Waals surface area (Å²) in [6.07, 6.45) is 3.44. The lowest BCUT2D eigenvalue weighted by atomic mass is 10.1. The van der Waals surface area contributed by atoms with Gasteiger partial charge in [0.05, 0.1) is 24.0 Å². The molecule has 0 saturated heterocycles. The number of hydrogen-bond acceptors (Lipinski definition) is 3. The standard InChI is InChI=1S/C14H12N2OS/c1-11(17)18-8-2-3-12-4-6-13(7-5-12)14-9-15-10-16-14/h4-7,9-10H,8H2,1H3,(H,15,16). The first kappa shape index (κ1) is 12.5. The van der Waals surface area contributed by atoms with E-state index >= 15 is 0 Å². The molecule has 1 aromatic carbocycles. The number of H-pyrrole nitrogens is 1. The molecule has 0 saturated carbocycles. The summed E-state index contributed by atoms with van der Waals surface area (Å²) in [7, 11) is 0. The molecule has 0 fully saturated rings. The minimum Gasteiger partial charge on any atom is -0.345 e. The van der Waals surface area contributed by atoms with E-state index in [2.05, 4.69) is 21.8 Å². The molecular formula is C14H12N2OS. The Morgan fingerprint density at radius 2 is 2.17 bits per heavy atom. The van der Waals surface area contributed by atoms with Crippen molar-refractivity contribution in [1.82, 2.24) is 9.97 Å². The van der Waals surface area contributed by atoms with Gasteiger partial charge in [-0.1, -0.05) is 35.7 Å². The summed E-state index contributed by atoms with van der Waals surface area (Å²) in [6.45, 7) is 1.55. The van der Waals surface area contributed by atoms with E-state index < -0.39 is 0 Å². The molecule has 18 heavy (non-hydrogen) atoms. The van der Waals surface area contributed by atoms with Crippen LogP contribution in [0.5, 0.6) is 0 Å². The summed E-state index contributed by atoms with van der Waals surface area (Å²) < 4.78 is 0. The number of aromatic amines is 1. The van der Waals surface area contributed by atoms with E-state index in [9.17, 15) is 4.79 Å². The van der Waals surface area contributed by atoms with Gasteiger partial charge in [0.1, 0.15) is 0 Å². The average molecular weight is 256 g/mol. The second-order valence-corrected chi connectivity index (χ2v) is 4.78. The minimum absolute atomic E-state index is 0.0962. The average Bonchev–Trinajstić information content (AvgIpc) is 2.89. The molecule has 0 amide bonds. The number of carbonyl (C=O) groups excluding carboxylic acids is 1. The molecular weight excluding hydrogens is 244 g/mol. The van der Waals surface area contributed by atoms with E-state index in [1.54, 1.807) is 19.4 Å². The Morgan fingerprint density at radius 1 is 1.39 bits per heavy atom. The number of thioether (sulfide) groups is 1. The van der Waals surface area contributed by atoms with Crippen LogP contribution in [0.25, 0.3) is 11.3 Å². The molecule has 0 aliphatic rings. The summed E-state index contributed by atoms with van der Waals surface area (Å²) in [5.74, 6) is 6.52. The van der Waals surface area contributed by atoms with Gasteiger partial charge in [-0.25, -0.2) is 4.98 Å².